The first-order chi connectivity index (χ1) is 8.18. The van der Waals surface area contributed by atoms with Crippen molar-refractivity contribution in [3.05, 3.63) is 23.4 Å². The summed E-state index contributed by atoms with van der Waals surface area (Å²) in [7, 11) is 0. The lowest BCUT2D eigenvalue weighted by atomic mass is 10.1. The predicted molar refractivity (Wildman–Crippen MR) is 70.3 cm³/mol. The van der Waals surface area contributed by atoms with Crippen LogP contribution in [0.4, 0.5) is 5.82 Å². The van der Waals surface area contributed by atoms with Crippen molar-refractivity contribution in [2.24, 2.45) is 0 Å². The number of anilines is 1. The molecule has 1 N–H and O–H groups in total. The van der Waals surface area contributed by atoms with Gasteiger partial charge in [-0.2, -0.15) is 0 Å². The molecule has 3 nitrogen and oxygen atoms in total. The first kappa shape index (κ1) is 12.4. The summed E-state index contributed by atoms with van der Waals surface area (Å²) in [6, 6.07) is 4.05. The van der Waals surface area contributed by atoms with Gasteiger partial charge >= 0.3 is 0 Å². The molecule has 0 aromatic carbocycles. The molecule has 0 spiro atoms. The van der Waals surface area contributed by atoms with Gasteiger partial charge in [0, 0.05) is 24.3 Å². The van der Waals surface area contributed by atoms with E-state index in [4.69, 9.17) is 0 Å². The monoisotopic (exact) mass is 234 g/mol. The predicted octanol–water partition coefficient (Wildman–Crippen LogP) is 2.82. The van der Waals surface area contributed by atoms with Crippen LogP contribution in [-0.2, 0) is 0 Å². The Morgan fingerprint density at radius 1 is 1.18 bits per heavy atom. The van der Waals surface area contributed by atoms with E-state index in [0.717, 1.165) is 30.2 Å². The minimum Gasteiger partial charge on any atom is -0.389 e. The van der Waals surface area contributed by atoms with E-state index < -0.39 is 6.10 Å². The summed E-state index contributed by atoms with van der Waals surface area (Å²) in [6.07, 6.45) is 4.76. The highest BCUT2D eigenvalue weighted by Gasteiger charge is 2.13. The maximum absolute atomic E-state index is 9.60. The third-order valence-corrected chi connectivity index (χ3v) is 3.49. The summed E-state index contributed by atoms with van der Waals surface area (Å²) in [6.45, 7) is 5.99. The Bertz CT molecular complexity index is 368. The fourth-order valence-corrected chi connectivity index (χ4v) is 2.48. The molecule has 2 rings (SSSR count). The number of nitrogens with zero attached hydrogens (tertiary/aromatic N) is 2. The van der Waals surface area contributed by atoms with E-state index in [0.29, 0.717) is 0 Å². The number of aryl methyl sites for hydroxylation is 1. The summed E-state index contributed by atoms with van der Waals surface area (Å²) >= 11 is 0. The number of hydrogen-bond donors (Lipinski definition) is 1. The molecule has 1 aromatic rings. The van der Waals surface area contributed by atoms with Crippen LogP contribution in [0, 0.1) is 6.92 Å². The second-order valence-electron chi connectivity index (χ2n) is 4.92. The van der Waals surface area contributed by atoms with Crippen molar-refractivity contribution in [1.29, 1.82) is 0 Å². The van der Waals surface area contributed by atoms with Gasteiger partial charge in [0.05, 0.1) is 6.10 Å². The molecular formula is C14H22N2O. The van der Waals surface area contributed by atoms with Crippen LogP contribution in [0.1, 0.15) is 50.0 Å². The van der Waals surface area contributed by atoms with Gasteiger partial charge in [-0.1, -0.05) is 18.9 Å². The van der Waals surface area contributed by atoms with Gasteiger partial charge in [-0.25, -0.2) is 4.98 Å². The SMILES string of the molecule is Cc1nc(N2CCCCCC2)ccc1C(C)O. The van der Waals surface area contributed by atoms with Gasteiger partial charge in [-0.05, 0) is 32.8 Å². The first-order valence-electron chi connectivity index (χ1n) is 6.59. The lowest BCUT2D eigenvalue weighted by Crippen LogP contribution is -2.25. The van der Waals surface area contributed by atoms with E-state index >= 15 is 0 Å². The quantitative estimate of drug-likeness (QED) is 0.854. The highest BCUT2D eigenvalue weighted by Crippen LogP contribution is 2.22. The zero-order valence-electron chi connectivity index (χ0n) is 10.8. The molecule has 1 unspecified atom stereocenters. The van der Waals surface area contributed by atoms with Crippen molar-refractivity contribution in [3.8, 4) is 0 Å². The Hall–Kier alpha value is -1.09. The Morgan fingerprint density at radius 2 is 1.82 bits per heavy atom. The number of aromatic nitrogens is 1. The largest absolute Gasteiger partial charge is 0.389 e. The van der Waals surface area contributed by atoms with E-state index in [-0.39, 0.29) is 0 Å². The van der Waals surface area contributed by atoms with Gasteiger partial charge in [0.1, 0.15) is 5.82 Å². The molecule has 1 aliphatic heterocycles. The van der Waals surface area contributed by atoms with Crippen molar-refractivity contribution in [2.75, 3.05) is 18.0 Å². The zero-order valence-corrected chi connectivity index (χ0v) is 10.8. The molecule has 17 heavy (non-hydrogen) atoms. The average molecular weight is 234 g/mol. The van der Waals surface area contributed by atoms with Crippen LogP contribution in [0.3, 0.4) is 0 Å². The van der Waals surface area contributed by atoms with E-state index in [1.54, 1.807) is 6.92 Å². The second kappa shape index (κ2) is 5.50. The van der Waals surface area contributed by atoms with Gasteiger partial charge in [0.15, 0.2) is 0 Å². The molecule has 0 bridgehead atoms. The van der Waals surface area contributed by atoms with Crippen LogP contribution in [0.2, 0.25) is 0 Å². The van der Waals surface area contributed by atoms with Gasteiger partial charge in [0.2, 0.25) is 0 Å². The fraction of sp³-hybridized carbons (Fsp3) is 0.643. The van der Waals surface area contributed by atoms with Crippen molar-refractivity contribution in [1.82, 2.24) is 4.98 Å². The molecule has 1 aromatic heterocycles. The Kier molecular flexibility index (Phi) is 4.00. The standard InChI is InChI=1S/C14H22N2O/c1-11-13(12(2)17)7-8-14(15-11)16-9-5-3-4-6-10-16/h7-8,12,17H,3-6,9-10H2,1-2H3. The number of hydrogen-bond acceptors (Lipinski definition) is 3. The molecule has 0 saturated carbocycles. The molecule has 3 heteroatoms. The third kappa shape index (κ3) is 2.97. The summed E-state index contributed by atoms with van der Waals surface area (Å²) in [5.74, 6) is 1.06. The van der Waals surface area contributed by atoms with E-state index in [1.165, 1.54) is 25.7 Å². The number of aliphatic hydroxyl groups is 1. The molecular weight excluding hydrogens is 212 g/mol. The van der Waals surface area contributed by atoms with E-state index in [2.05, 4.69) is 9.88 Å². The smallest absolute Gasteiger partial charge is 0.128 e. The minimum atomic E-state index is -0.430. The van der Waals surface area contributed by atoms with Crippen molar-refractivity contribution in [3.63, 3.8) is 0 Å². The van der Waals surface area contributed by atoms with Crippen molar-refractivity contribution >= 4 is 5.82 Å². The van der Waals surface area contributed by atoms with Crippen LogP contribution in [0.15, 0.2) is 12.1 Å². The number of aliphatic hydroxyl groups excluding tert-OH is 1. The highest BCUT2D eigenvalue weighted by molar-refractivity contribution is 5.42. The summed E-state index contributed by atoms with van der Waals surface area (Å²) in [5, 5.41) is 9.60. The Labute approximate surface area is 103 Å². The zero-order chi connectivity index (χ0) is 12.3. The Morgan fingerprint density at radius 3 is 2.35 bits per heavy atom. The second-order valence-corrected chi connectivity index (χ2v) is 4.92. The number of rotatable bonds is 2. The van der Waals surface area contributed by atoms with E-state index in [9.17, 15) is 5.11 Å². The fourth-order valence-electron chi connectivity index (χ4n) is 2.48. The maximum atomic E-state index is 9.60. The molecule has 1 saturated heterocycles. The molecule has 0 aliphatic carbocycles. The molecule has 2 heterocycles. The van der Waals surface area contributed by atoms with Crippen LogP contribution in [0.5, 0.6) is 0 Å². The molecule has 1 atom stereocenters. The Balaban J connectivity index is 2.18. The lowest BCUT2D eigenvalue weighted by molar-refractivity contribution is 0.198. The normalized spacial score (nSPS) is 18.9. The summed E-state index contributed by atoms with van der Waals surface area (Å²) in [5.41, 5.74) is 1.88. The van der Waals surface area contributed by atoms with Crippen molar-refractivity contribution < 1.29 is 5.11 Å². The van der Waals surface area contributed by atoms with Gasteiger partial charge in [0.25, 0.3) is 0 Å². The molecule has 94 valence electrons. The van der Waals surface area contributed by atoms with Gasteiger partial charge in [-0.15, -0.1) is 0 Å². The molecule has 1 aliphatic rings. The molecule has 0 radical (unpaired) electrons. The summed E-state index contributed by atoms with van der Waals surface area (Å²) in [4.78, 5) is 6.99. The van der Waals surface area contributed by atoms with E-state index in [1.807, 2.05) is 19.1 Å². The maximum Gasteiger partial charge on any atom is 0.128 e. The molecule has 1 fully saturated rings. The topological polar surface area (TPSA) is 36.4 Å². The van der Waals surface area contributed by atoms with Crippen LogP contribution < -0.4 is 4.90 Å². The van der Waals surface area contributed by atoms with Crippen LogP contribution >= 0.6 is 0 Å². The molecule has 0 amide bonds. The van der Waals surface area contributed by atoms with Crippen LogP contribution in [0.25, 0.3) is 0 Å². The lowest BCUT2D eigenvalue weighted by Gasteiger charge is -2.22. The number of pyridine rings is 1. The van der Waals surface area contributed by atoms with Crippen LogP contribution in [-0.4, -0.2) is 23.2 Å². The summed E-state index contributed by atoms with van der Waals surface area (Å²) < 4.78 is 0. The third-order valence-electron chi connectivity index (χ3n) is 3.49. The average Bonchev–Trinajstić information content (AvgIpc) is 2.56. The minimum absolute atomic E-state index is 0.430. The highest BCUT2D eigenvalue weighted by atomic mass is 16.3. The first-order valence-corrected chi connectivity index (χ1v) is 6.59. The van der Waals surface area contributed by atoms with Crippen molar-refractivity contribution in [2.45, 2.75) is 45.6 Å². The van der Waals surface area contributed by atoms with Gasteiger partial charge < -0.3 is 10.0 Å². The van der Waals surface area contributed by atoms with Gasteiger partial charge in [-0.3, -0.25) is 0 Å².